The summed E-state index contributed by atoms with van der Waals surface area (Å²) < 4.78 is 4.25. The molecule has 176 valence electrons. The highest BCUT2D eigenvalue weighted by atomic mass is 16.4. The third kappa shape index (κ3) is 15.6. The Morgan fingerprint density at radius 3 is 2.03 bits per heavy atom. The predicted molar refractivity (Wildman–Crippen MR) is 127 cm³/mol. The van der Waals surface area contributed by atoms with Crippen molar-refractivity contribution >= 4 is 18.3 Å². The summed E-state index contributed by atoms with van der Waals surface area (Å²) in [7, 11) is 3.25. The number of carboxylic acid groups (broad SMARTS) is 1. The predicted octanol–water partition coefficient (Wildman–Crippen LogP) is 3.01. The first-order valence-corrected chi connectivity index (χ1v) is 10.6. The molecule has 2 rings (SSSR count). The number of hydrogen-bond acceptors (Lipinski definition) is 4. The molecular formula is C25H36N2O5. The van der Waals surface area contributed by atoms with Crippen LogP contribution in [0.4, 0.5) is 0 Å². The Morgan fingerprint density at radius 1 is 1.00 bits per heavy atom. The van der Waals surface area contributed by atoms with Gasteiger partial charge >= 0.3 is 5.97 Å². The number of carbonyl (C=O) groups is 3. The summed E-state index contributed by atoms with van der Waals surface area (Å²) in [5.74, 6) is -0.933. The van der Waals surface area contributed by atoms with E-state index in [-0.39, 0.29) is 18.5 Å². The quantitative estimate of drug-likeness (QED) is 0.489. The molecular weight excluding hydrogens is 408 g/mol. The normalized spacial score (nSPS) is 10.4. The molecule has 0 saturated heterocycles. The molecule has 2 aromatic carbocycles. The van der Waals surface area contributed by atoms with E-state index in [0.29, 0.717) is 12.8 Å². The Kier molecular flexibility index (Phi) is 16.7. The van der Waals surface area contributed by atoms with Crippen LogP contribution in [0, 0.1) is 0 Å². The molecule has 7 nitrogen and oxygen atoms in total. The van der Waals surface area contributed by atoms with E-state index in [2.05, 4.69) is 60.3 Å². The van der Waals surface area contributed by atoms with Crippen LogP contribution in [0.1, 0.15) is 37.0 Å². The van der Waals surface area contributed by atoms with Crippen LogP contribution in [0.25, 0.3) is 0 Å². The molecule has 0 aromatic heterocycles. The molecule has 0 heterocycles. The van der Waals surface area contributed by atoms with E-state index in [1.54, 1.807) is 14.2 Å². The number of methoxy groups -OCH3 is 1. The number of carbonyl (C=O) groups excluding carboxylic acids is 2. The van der Waals surface area contributed by atoms with Crippen LogP contribution in [0.5, 0.6) is 0 Å². The summed E-state index contributed by atoms with van der Waals surface area (Å²) in [5.41, 5.74) is 3.70. The maximum atomic E-state index is 12.1. The van der Waals surface area contributed by atoms with Crippen molar-refractivity contribution in [2.75, 3.05) is 20.8 Å². The molecule has 0 aliphatic heterocycles. The van der Waals surface area contributed by atoms with Gasteiger partial charge in [0.1, 0.15) is 6.54 Å². The number of aliphatic carboxylic acids is 1. The maximum Gasteiger partial charge on any atom is 0.322 e. The first kappa shape index (κ1) is 28.8. The number of carboxylic acids is 1. The fourth-order valence-electron chi connectivity index (χ4n) is 2.63. The zero-order chi connectivity index (χ0) is 24.2. The number of nitrogens with one attached hydrogen (secondary N) is 2. The highest BCUT2D eigenvalue weighted by molar-refractivity contribution is 5.78. The number of ether oxygens (including phenoxy) is 1. The van der Waals surface area contributed by atoms with E-state index < -0.39 is 5.97 Å². The Morgan fingerprint density at radius 2 is 1.56 bits per heavy atom. The van der Waals surface area contributed by atoms with Gasteiger partial charge in [0, 0.05) is 20.3 Å². The molecule has 3 N–H and O–H groups in total. The topological polar surface area (TPSA) is 105 Å². The summed E-state index contributed by atoms with van der Waals surface area (Å²) in [6.07, 6.45) is 3.79. The van der Waals surface area contributed by atoms with Gasteiger partial charge in [-0.2, -0.15) is 0 Å². The van der Waals surface area contributed by atoms with E-state index in [1.165, 1.54) is 11.1 Å². The minimum Gasteiger partial charge on any atom is -0.480 e. The van der Waals surface area contributed by atoms with E-state index in [9.17, 15) is 14.4 Å². The van der Waals surface area contributed by atoms with Gasteiger partial charge in [0.2, 0.25) is 12.3 Å². The highest BCUT2D eigenvalue weighted by Gasteiger charge is 2.08. The van der Waals surface area contributed by atoms with Crippen LogP contribution in [0.3, 0.4) is 0 Å². The van der Waals surface area contributed by atoms with Gasteiger partial charge in [-0.15, -0.1) is 0 Å². The van der Waals surface area contributed by atoms with Crippen molar-refractivity contribution in [1.29, 1.82) is 0 Å². The molecule has 0 saturated carbocycles. The lowest BCUT2D eigenvalue weighted by Crippen LogP contribution is -2.34. The lowest BCUT2D eigenvalue weighted by molar-refractivity contribution is -0.136. The third-order valence-electron chi connectivity index (χ3n) is 4.25. The first-order chi connectivity index (χ1) is 15.4. The fraction of sp³-hybridized carbons (Fsp3) is 0.400. The number of amides is 2. The average Bonchev–Trinajstić information content (AvgIpc) is 2.78. The van der Waals surface area contributed by atoms with Crippen LogP contribution in [0.15, 0.2) is 54.6 Å². The van der Waals surface area contributed by atoms with Gasteiger partial charge in [0.05, 0.1) is 6.42 Å². The van der Waals surface area contributed by atoms with Gasteiger partial charge in [-0.05, 0) is 42.9 Å². The van der Waals surface area contributed by atoms with Crippen LogP contribution in [-0.2, 0) is 38.4 Å². The summed E-state index contributed by atoms with van der Waals surface area (Å²) in [6, 6.07) is 18.9. The zero-order valence-corrected chi connectivity index (χ0v) is 19.5. The number of aryl methyl sites for hydroxylation is 2. The summed E-state index contributed by atoms with van der Waals surface area (Å²) in [6.45, 7) is 3.90. The van der Waals surface area contributed by atoms with E-state index >= 15 is 0 Å². The van der Waals surface area contributed by atoms with Gasteiger partial charge < -0.3 is 20.5 Å². The standard InChI is InChI=1S/C20H25NO.C3H5NO3.C2H6O/c1-3-17-11-13-19(14-12-17)15-20(22)21-16(2)9-10-18-7-5-4-6-8-18;5-2-4-1-3(6)7;1-3-2/h4-8,11-14,16H,3,9-10,15H2,1-2H3,(H,21,22);2H,1H2,(H,4,5)(H,6,7);1-2H3. The molecule has 1 unspecified atom stereocenters. The second-order valence-electron chi connectivity index (χ2n) is 7.14. The Hall–Kier alpha value is -3.19. The summed E-state index contributed by atoms with van der Waals surface area (Å²) in [4.78, 5) is 30.9. The molecule has 0 radical (unpaired) electrons. The lowest BCUT2D eigenvalue weighted by atomic mass is 10.1. The second-order valence-corrected chi connectivity index (χ2v) is 7.14. The van der Waals surface area contributed by atoms with Crippen LogP contribution in [-0.4, -0.2) is 50.2 Å². The molecule has 1 atom stereocenters. The van der Waals surface area contributed by atoms with Crippen molar-refractivity contribution in [2.45, 2.75) is 45.6 Å². The first-order valence-electron chi connectivity index (χ1n) is 10.6. The Labute approximate surface area is 191 Å². The molecule has 7 heteroatoms. The molecule has 0 spiro atoms. The molecule has 0 bridgehead atoms. The largest absolute Gasteiger partial charge is 0.480 e. The van der Waals surface area contributed by atoms with Gasteiger partial charge in [0.25, 0.3) is 0 Å². The van der Waals surface area contributed by atoms with Crippen LogP contribution in [0.2, 0.25) is 0 Å². The van der Waals surface area contributed by atoms with E-state index in [0.717, 1.165) is 24.8 Å². The van der Waals surface area contributed by atoms with Crippen molar-refractivity contribution in [1.82, 2.24) is 10.6 Å². The third-order valence-corrected chi connectivity index (χ3v) is 4.25. The lowest BCUT2D eigenvalue weighted by Gasteiger charge is -2.14. The summed E-state index contributed by atoms with van der Waals surface area (Å²) in [5, 5.41) is 12.9. The van der Waals surface area contributed by atoms with Gasteiger partial charge in [-0.1, -0.05) is 61.5 Å². The van der Waals surface area contributed by atoms with Crippen molar-refractivity contribution in [3.63, 3.8) is 0 Å². The van der Waals surface area contributed by atoms with Crippen molar-refractivity contribution in [3.8, 4) is 0 Å². The van der Waals surface area contributed by atoms with Crippen molar-refractivity contribution < 1.29 is 24.2 Å². The monoisotopic (exact) mass is 444 g/mol. The van der Waals surface area contributed by atoms with Gasteiger partial charge in [0.15, 0.2) is 0 Å². The minimum absolute atomic E-state index is 0.102. The number of hydrogen-bond donors (Lipinski definition) is 3. The molecule has 2 aromatic rings. The zero-order valence-electron chi connectivity index (χ0n) is 19.5. The molecule has 0 fully saturated rings. The maximum absolute atomic E-state index is 12.1. The molecule has 2 amide bonds. The Balaban J connectivity index is 0.000000809. The smallest absolute Gasteiger partial charge is 0.322 e. The highest BCUT2D eigenvalue weighted by Crippen LogP contribution is 2.07. The van der Waals surface area contributed by atoms with E-state index in [4.69, 9.17) is 5.11 Å². The van der Waals surface area contributed by atoms with Gasteiger partial charge in [-0.25, -0.2) is 0 Å². The Bertz CT molecular complexity index is 764. The second kappa shape index (κ2) is 18.6. The van der Waals surface area contributed by atoms with Crippen LogP contribution >= 0.6 is 0 Å². The van der Waals surface area contributed by atoms with Crippen molar-refractivity contribution in [3.05, 3.63) is 71.3 Å². The molecule has 32 heavy (non-hydrogen) atoms. The molecule has 0 aliphatic carbocycles. The van der Waals surface area contributed by atoms with Crippen LogP contribution < -0.4 is 10.6 Å². The SMILES string of the molecule is CCc1ccc(CC(=O)NC(C)CCc2ccccc2)cc1.COC.O=CNCC(=O)O. The fourth-order valence-corrected chi connectivity index (χ4v) is 2.63. The minimum atomic E-state index is -1.04. The number of rotatable bonds is 10. The summed E-state index contributed by atoms with van der Waals surface area (Å²) >= 11 is 0. The number of benzene rings is 2. The average molecular weight is 445 g/mol. The van der Waals surface area contributed by atoms with E-state index in [1.807, 2.05) is 23.5 Å². The molecule has 0 aliphatic rings. The van der Waals surface area contributed by atoms with Crippen molar-refractivity contribution in [2.24, 2.45) is 0 Å². The van der Waals surface area contributed by atoms with Gasteiger partial charge in [-0.3, -0.25) is 14.4 Å².